The van der Waals surface area contributed by atoms with Crippen LogP contribution in [0.3, 0.4) is 0 Å². The lowest BCUT2D eigenvalue weighted by atomic mass is 9.70. The summed E-state index contributed by atoms with van der Waals surface area (Å²) in [7, 11) is 0. The fourth-order valence-electron chi connectivity index (χ4n) is 1.75. The Morgan fingerprint density at radius 1 is 1.75 bits per heavy atom. The molecule has 0 unspecified atom stereocenters. The van der Waals surface area contributed by atoms with Crippen LogP contribution in [-0.4, -0.2) is 22.7 Å². The molecule has 1 aliphatic heterocycles. The number of hydrogen-bond donors (Lipinski definition) is 2. The number of carbonyl (C=O) groups excluding carboxylic acids is 1. The van der Waals surface area contributed by atoms with E-state index in [9.17, 15) is 4.79 Å². The summed E-state index contributed by atoms with van der Waals surface area (Å²) in [5.41, 5.74) is 3.17. The summed E-state index contributed by atoms with van der Waals surface area (Å²) in [5, 5.41) is 6.85. The van der Waals surface area contributed by atoms with Crippen LogP contribution in [0.2, 0.25) is 0 Å². The van der Waals surface area contributed by atoms with E-state index in [1.165, 1.54) is 4.53 Å². The largest absolute Gasteiger partial charge is 0.350 e. The van der Waals surface area contributed by atoms with Gasteiger partial charge in [-0.2, -0.15) is 9.63 Å². The average molecular weight is 243 g/mol. The Balaban J connectivity index is 1.80. The highest BCUT2D eigenvalue weighted by Gasteiger charge is 2.38. The summed E-state index contributed by atoms with van der Waals surface area (Å²) in [4.78, 5) is 11.8. The molecule has 2 rings (SSSR count). The number of hydrazone groups is 1. The van der Waals surface area contributed by atoms with Gasteiger partial charge in [0.25, 0.3) is 0 Å². The standard InChI is InChI=1S/C10H15ClN4O/c1-10(4-2-5-10)9(16)12-7-8-3-6-15(11)14-13-8/h3,6,14H,2,4-5,7H2,1H3,(H,12,16). The molecule has 0 radical (unpaired) electrons. The van der Waals surface area contributed by atoms with Gasteiger partial charge in [0.1, 0.15) is 0 Å². The van der Waals surface area contributed by atoms with Crippen LogP contribution in [0.5, 0.6) is 0 Å². The maximum Gasteiger partial charge on any atom is 0.226 e. The van der Waals surface area contributed by atoms with E-state index in [2.05, 4.69) is 16.0 Å². The Hall–Kier alpha value is -1.23. The zero-order valence-electron chi connectivity index (χ0n) is 9.16. The molecule has 0 bridgehead atoms. The van der Waals surface area contributed by atoms with Gasteiger partial charge in [-0.15, -0.1) is 0 Å². The molecule has 0 aromatic rings. The fourth-order valence-corrected chi connectivity index (χ4v) is 1.85. The van der Waals surface area contributed by atoms with Gasteiger partial charge in [-0.3, -0.25) is 4.79 Å². The number of amides is 1. The van der Waals surface area contributed by atoms with E-state index < -0.39 is 0 Å². The third kappa shape index (κ3) is 2.29. The topological polar surface area (TPSA) is 56.7 Å². The molecule has 6 heteroatoms. The van der Waals surface area contributed by atoms with Crippen LogP contribution < -0.4 is 10.9 Å². The Morgan fingerprint density at radius 2 is 2.50 bits per heavy atom. The lowest BCUT2D eigenvalue weighted by molar-refractivity contribution is -0.134. The first-order valence-electron chi connectivity index (χ1n) is 5.34. The molecular formula is C10H15ClN4O. The molecule has 1 aliphatic carbocycles. The second-order valence-corrected chi connectivity index (χ2v) is 4.79. The SMILES string of the molecule is CC1(C(=O)NCC2=NNN(Cl)C=C2)CCC1. The summed E-state index contributed by atoms with van der Waals surface area (Å²) >= 11 is 5.59. The first-order chi connectivity index (χ1) is 7.60. The van der Waals surface area contributed by atoms with Gasteiger partial charge in [0.15, 0.2) is 0 Å². The van der Waals surface area contributed by atoms with E-state index in [0.29, 0.717) is 6.54 Å². The maximum atomic E-state index is 11.8. The lowest BCUT2D eigenvalue weighted by Gasteiger charge is -2.36. The number of hydrogen-bond acceptors (Lipinski definition) is 4. The van der Waals surface area contributed by atoms with Crippen molar-refractivity contribution in [2.75, 3.05) is 6.54 Å². The molecule has 0 atom stereocenters. The van der Waals surface area contributed by atoms with Crippen molar-refractivity contribution in [1.82, 2.24) is 15.4 Å². The maximum absolute atomic E-state index is 11.8. The predicted molar refractivity (Wildman–Crippen MR) is 62.4 cm³/mol. The fraction of sp³-hybridized carbons (Fsp3) is 0.600. The van der Waals surface area contributed by atoms with E-state index in [1.807, 2.05) is 6.92 Å². The summed E-state index contributed by atoms with van der Waals surface area (Å²) in [5.74, 6) is 0.114. The van der Waals surface area contributed by atoms with Gasteiger partial charge in [-0.05, 0) is 18.9 Å². The van der Waals surface area contributed by atoms with Crippen molar-refractivity contribution in [3.05, 3.63) is 12.3 Å². The molecule has 5 nitrogen and oxygen atoms in total. The Labute approximate surface area is 99.6 Å². The highest BCUT2D eigenvalue weighted by molar-refractivity contribution is 6.14. The molecule has 1 heterocycles. The predicted octanol–water partition coefficient (Wildman–Crippen LogP) is 1.14. The second kappa shape index (κ2) is 4.33. The van der Waals surface area contributed by atoms with Crippen LogP contribution in [-0.2, 0) is 4.79 Å². The minimum atomic E-state index is -0.162. The molecule has 2 N–H and O–H groups in total. The number of hydrazine groups is 1. The first-order valence-corrected chi connectivity index (χ1v) is 5.68. The van der Waals surface area contributed by atoms with Gasteiger partial charge in [0, 0.05) is 23.4 Å². The third-order valence-electron chi connectivity index (χ3n) is 3.12. The van der Waals surface area contributed by atoms with E-state index in [-0.39, 0.29) is 11.3 Å². The highest BCUT2D eigenvalue weighted by atomic mass is 35.5. The van der Waals surface area contributed by atoms with E-state index in [0.717, 1.165) is 25.0 Å². The molecule has 1 fully saturated rings. The van der Waals surface area contributed by atoms with Gasteiger partial charge >= 0.3 is 0 Å². The van der Waals surface area contributed by atoms with Gasteiger partial charge in [-0.1, -0.05) is 13.3 Å². The average Bonchev–Trinajstić information content (AvgIpc) is 2.24. The third-order valence-corrected chi connectivity index (χ3v) is 3.31. The van der Waals surface area contributed by atoms with Crippen LogP contribution in [0.25, 0.3) is 0 Å². The van der Waals surface area contributed by atoms with Crippen molar-refractivity contribution in [2.45, 2.75) is 26.2 Å². The highest BCUT2D eigenvalue weighted by Crippen LogP contribution is 2.40. The van der Waals surface area contributed by atoms with Crippen LogP contribution in [0.15, 0.2) is 17.4 Å². The van der Waals surface area contributed by atoms with Gasteiger partial charge < -0.3 is 5.32 Å². The lowest BCUT2D eigenvalue weighted by Crippen LogP contribution is -2.45. The Bertz CT molecular complexity index is 349. The number of carbonyl (C=O) groups is 1. The molecule has 88 valence electrons. The van der Waals surface area contributed by atoms with Crippen LogP contribution in [0.1, 0.15) is 26.2 Å². The number of nitrogens with zero attached hydrogens (tertiary/aromatic N) is 2. The zero-order valence-corrected chi connectivity index (χ0v) is 9.92. The minimum absolute atomic E-state index is 0.114. The molecule has 0 aromatic heterocycles. The molecule has 1 amide bonds. The molecule has 0 aromatic carbocycles. The van der Waals surface area contributed by atoms with Gasteiger partial charge in [0.05, 0.1) is 12.3 Å². The number of rotatable bonds is 3. The molecule has 0 spiro atoms. The molecule has 1 saturated carbocycles. The van der Waals surface area contributed by atoms with Crippen molar-refractivity contribution in [2.24, 2.45) is 10.5 Å². The zero-order chi connectivity index (χ0) is 11.6. The molecular weight excluding hydrogens is 228 g/mol. The monoisotopic (exact) mass is 242 g/mol. The Morgan fingerprint density at radius 3 is 3.00 bits per heavy atom. The van der Waals surface area contributed by atoms with E-state index in [4.69, 9.17) is 11.8 Å². The molecule has 16 heavy (non-hydrogen) atoms. The summed E-state index contributed by atoms with van der Waals surface area (Å²) in [6.07, 6.45) is 6.51. The van der Waals surface area contributed by atoms with Crippen molar-refractivity contribution >= 4 is 23.4 Å². The van der Waals surface area contributed by atoms with E-state index in [1.54, 1.807) is 12.3 Å². The van der Waals surface area contributed by atoms with Crippen molar-refractivity contribution in [3.63, 3.8) is 0 Å². The summed E-state index contributed by atoms with van der Waals surface area (Å²) < 4.78 is 1.22. The van der Waals surface area contributed by atoms with Crippen molar-refractivity contribution in [1.29, 1.82) is 0 Å². The second-order valence-electron chi connectivity index (χ2n) is 4.43. The van der Waals surface area contributed by atoms with Gasteiger partial charge in [-0.25, -0.2) is 5.53 Å². The van der Waals surface area contributed by atoms with E-state index >= 15 is 0 Å². The quantitative estimate of drug-likeness (QED) is 0.730. The normalized spacial score (nSPS) is 21.9. The summed E-state index contributed by atoms with van der Waals surface area (Å²) in [6.45, 7) is 2.44. The van der Waals surface area contributed by atoms with Crippen LogP contribution in [0, 0.1) is 5.41 Å². The molecule has 2 aliphatic rings. The number of nitrogens with one attached hydrogen (secondary N) is 2. The van der Waals surface area contributed by atoms with Crippen molar-refractivity contribution in [3.8, 4) is 0 Å². The van der Waals surface area contributed by atoms with Crippen LogP contribution >= 0.6 is 11.8 Å². The number of halogens is 1. The van der Waals surface area contributed by atoms with Crippen molar-refractivity contribution < 1.29 is 4.79 Å². The smallest absolute Gasteiger partial charge is 0.226 e. The first kappa shape index (κ1) is 11.3. The minimum Gasteiger partial charge on any atom is -0.350 e. The van der Waals surface area contributed by atoms with Crippen LogP contribution in [0.4, 0.5) is 0 Å². The molecule has 0 saturated heterocycles. The Kier molecular flexibility index (Phi) is 3.05. The van der Waals surface area contributed by atoms with Gasteiger partial charge in [0.2, 0.25) is 5.91 Å². The summed E-state index contributed by atoms with van der Waals surface area (Å²) in [6, 6.07) is 0.